The van der Waals surface area contributed by atoms with Crippen LogP contribution in [0.4, 0.5) is 0 Å². The molecule has 1 unspecified atom stereocenters. The highest BCUT2D eigenvalue weighted by Crippen LogP contribution is 2.40. The van der Waals surface area contributed by atoms with Crippen LogP contribution in [0.2, 0.25) is 0 Å². The lowest BCUT2D eigenvalue weighted by Gasteiger charge is -2.37. The van der Waals surface area contributed by atoms with Crippen LogP contribution in [0.3, 0.4) is 0 Å². The number of carbonyl (C=O) groups excluding carboxylic acids is 2. The highest BCUT2D eigenvalue weighted by molar-refractivity contribution is 5.88. The molecule has 0 spiro atoms. The predicted octanol–water partition coefficient (Wildman–Crippen LogP) is 2.65. The van der Waals surface area contributed by atoms with Gasteiger partial charge >= 0.3 is 0 Å². The number of aromatic nitrogens is 1. The van der Waals surface area contributed by atoms with Gasteiger partial charge in [0.2, 0.25) is 5.91 Å². The van der Waals surface area contributed by atoms with Crippen molar-refractivity contribution in [3.05, 3.63) is 30.1 Å². The molecule has 2 saturated carbocycles. The Kier molecular flexibility index (Phi) is 4.04. The standard InChI is InChI=1S/C17H22N2O2/c1-11(14-6-3-7-18-10-14)19-17(21)15-8-12-4-2-5-13(9-15)16(12)20/h3,6-7,10-13,15H,2,4-5,8-9H2,1H3,(H,19,21)/t11-,12-,13+,15?/m1/s1. The minimum Gasteiger partial charge on any atom is -0.349 e. The summed E-state index contributed by atoms with van der Waals surface area (Å²) in [6, 6.07) is 3.81. The quantitative estimate of drug-likeness (QED) is 0.929. The summed E-state index contributed by atoms with van der Waals surface area (Å²) in [6.07, 6.45) is 8.06. The molecule has 3 rings (SSSR count). The number of rotatable bonds is 3. The lowest BCUT2D eigenvalue weighted by molar-refractivity contribution is -0.137. The van der Waals surface area contributed by atoms with Crippen LogP contribution >= 0.6 is 0 Å². The number of pyridine rings is 1. The number of hydrogen-bond donors (Lipinski definition) is 1. The molecule has 2 bridgehead atoms. The molecule has 1 aromatic heterocycles. The molecule has 1 N–H and O–H groups in total. The zero-order valence-electron chi connectivity index (χ0n) is 12.4. The van der Waals surface area contributed by atoms with Gasteiger partial charge < -0.3 is 5.32 Å². The average Bonchev–Trinajstić information content (AvgIpc) is 2.47. The highest BCUT2D eigenvalue weighted by atomic mass is 16.2. The van der Waals surface area contributed by atoms with Gasteiger partial charge in [-0.2, -0.15) is 0 Å². The SMILES string of the molecule is C[C@@H](NC(=O)C1C[C@H]2CCC[C@@H](C1)C2=O)c1cccnc1. The van der Waals surface area contributed by atoms with E-state index in [4.69, 9.17) is 0 Å². The average molecular weight is 286 g/mol. The van der Waals surface area contributed by atoms with Crippen molar-refractivity contribution in [2.24, 2.45) is 17.8 Å². The van der Waals surface area contributed by atoms with Gasteiger partial charge in [-0.05, 0) is 44.2 Å². The number of nitrogens with one attached hydrogen (secondary N) is 1. The Morgan fingerprint density at radius 1 is 1.33 bits per heavy atom. The molecule has 0 radical (unpaired) electrons. The molecule has 4 nitrogen and oxygen atoms in total. The van der Waals surface area contributed by atoms with E-state index >= 15 is 0 Å². The van der Waals surface area contributed by atoms with Crippen LogP contribution in [0.1, 0.15) is 50.6 Å². The summed E-state index contributed by atoms with van der Waals surface area (Å²) in [5.41, 5.74) is 1.01. The van der Waals surface area contributed by atoms with Gasteiger partial charge in [0.25, 0.3) is 0 Å². The van der Waals surface area contributed by atoms with Gasteiger partial charge in [-0.15, -0.1) is 0 Å². The summed E-state index contributed by atoms with van der Waals surface area (Å²) < 4.78 is 0. The first-order chi connectivity index (χ1) is 10.1. The first-order valence-electron chi connectivity index (χ1n) is 7.89. The Morgan fingerprint density at radius 3 is 2.67 bits per heavy atom. The predicted molar refractivity (Wildman–Crippen MR) is 79.4 cm³/mol. The van der Waals surface area contributed by atoms with Gasteiger partial charge in [0.05, 0.1) is 6.04 Å². The molecule has 2 aliphatic carbocycles. The smallest absolute Gasteiger partial charge is 0.223 e. The fourth-order valence-corrected chi connectivity index (χ4v) is 3.74. The van der Waals surface area contributed by atoms with Crippen molar-refractivity contribution >= 4 is 11.7 Å². The molecular formula is C17H22N2O2. The summed E-state index contributed by atoms with van der Waals surface area (Å²) in [7, 11) is 0. The van der Waals surface area contributed by atoms with E-state index in [-0.39, 0.29) is 29.7 Å². The number of ketones is 1. The van der Waals surface area contributed by atoms with Gasteiger partial charge in [-0.25, -0.2) is 0 Å². The fraction of sp³-hybridized carbons (Fsp3) is 0.588. The van der Waals surface area contributed by atoms with Crippen LogP contribution in [0.5, 0.6) is 0 Å². The van der Waals surface area contributed by atoms with Gasteiger partial charge in [-0.1, -0.05) is 12.5 Å². The zero-order chi connectivity index (χ0) is 14.8. The second kappa shape index (κ2) is 5.96. The maximum Gasteiger partial charge on any atom is 0.223 e. The van der Waals surface area contributed by atoms with E-state index in [1.807, 2.05) is 19.1 Å². The molecule has 1 heterocycles. The molecule has 112 valence electrons. The third kappa shape index (κ3) is 2.99. The maximum atomic E-state index is 12.5. The van der Waals surface area contributed by atoms with E-state index in [9.17, 15) is 9.59 Å². The van der Waals surface area contributed by atoms with E-state index in [0.717, 1.165) is 37.7 Å². The van der Waals surface area contributed by atoms with Crippen molar-refractivity contribution in [3.8, 4) is 0 Å². The van der Waals surface area contributed by atoms with Gasteiger partial charge in [0.15, 0.2) is 0 Å². The third-order valence-corrected chi connectivity index (χ3v) is 4.96. The summed E-state index contributed by atoms with van der Waals surface area (Å²) >= 11 is 0. The topological polar surface area (TPSA) is 59.1 Å². The molecule has 1 amide bonds. The second-order valence-corrected chi connectivity index (χ2v) is 6.41. The highest BCUT2D eigenvalue weighted by Gasteiger charge is 2.41. The van der Waals surface area contributed by atoms with Crippen molar-refractivity contribution < 1.29 is 9.59 Å². The fourth-order valence-electron chi connectivity index (χ4n) is 3.74. The summed E-state index contributed by atoms with van der Waals surface area (Å²) in [5.74, 6) is 0.752. The number of fused-ring (bicyclic) bond motifs is 2. The third-order valence-electron chi connectivity index (χ3n) is 4.96. The van der Waals surface area contributed by atoms with Crippen LogP contribution in [-0.2, 0) is 9.59 Å². The van der Waals surface area contributed by atoms with E-state index in [1.165, 1.54) is 0 Å². The Hall–Kier alpha value is -1.71. The first kappa shape index (κ1) is 14.2. The molecule has 0 aliphatic heterocycles. The van der Waals surface area contributed by atoms with Gasteiger partial charge in [-0.3, -0.25) is 14.6 Å². The monoisotopic (exact) mass is 286 g/mol. The maximum absolute atomic E-state index is 12.5. The number of hydrogen-bond acceptors (Lipinski definition) is 3. The molecule has 0 saturated heterocycles. The van der Waals surface area contributed by atoms with E-state index in [2.05, 4.69) is 10.3 Å². The van der Waals surface area contributed by atoms with Crippen LogP contribution in [0.25, 0.3) is 0 Å². The Balaban J connectivity index is 1.62. The molecule has 4 atom stereocenters. The molecular weight excluding hydrogens is 264 g/mol. The number of Topliss-reactive ketones (excluding diaryl/α,β-unsaturated/α-hetero) is 1. The molecule has 2 fully saturated rings. The molecule has 4 heteroatoms. The Bertz CT molecular complexity index is 513. The molecule has 2 aliphatic rings. The number of carbonyl (C=O) groups is 2. The van der Waals surface area contributed by atoms with Crippen LogP contribution < -0.4 is 5.32 Å². The minimum atomic E-state index is -0.0383. The first-order valence-corrected chi connectivity index (χ1v) is 7.89. The lowest BCUT2D eigenvalue weighted by Crippen LogP contribution is -2.43. The van der Waals surface area contributed by atoms with Gasteiger partial charge in [0, 0.05) is 30.1 Å². The summed E-state index contributed by atoms with van der Waals surface area (Å²) in [5, 5.41) is 3.08. The molecule has 0 aromatic carbocycles. The Labute approximate surface area is 125 Å². The van der Waals surface area contributed by atoms with E-state index < -0.39 is 0 Å². The minimum absolute atomic E-state index is 0.00267. The van der Waals surface area contributed by atoms with Crippen molar-refractivity contribution in [2.75, 3.05) is 0 Å². The Morgan fingerprint density at radius 2 is 2.05 bits per heavy atom. The summed E-state index contributed by atoms with van der Waals surface area (Å²) in [6.45, 7) is 1.98. The number of nitrogens with zero attached hydrogens (tertiary/aromatic N) is 1. The van der Waals surface area contributed by atoms with Crippen molar-refractivity contribution in [1.82, 2.24) is 10.3 Å². The van der Waals surface area contributed by atoms with Crippen LogP contribution in [-0.4, -0.2) is 16.7 Å². The largest absolute Gasteiger partial charge is 0.349 e. The van der Waals surface area contributed by atoms with Crippen molar-refractivity contribution in [2.45, 2.75) is 45.1 Å². The second-order valence-electron chi connectivity index (χ2n) is 6.41. The zero-order valence-corrected chi connectivity index (χ0v) is 12.4. The van der Waals surface area contributed by atoms with Crippen LogP contribution in [0, 0.1) is 17.8 Å². The normalized spacial score (nSPS) is 29.8. The van der Waals surface area contributed by atoms with Crippen LogP contribution in [0.15, 0.2) is 24.5 Å². The van der Waals surface area contributed by atoms with Gasteiger partial charge in [0.1, 0.15) is 5.78 Å². The molecule has 21 heavy (non-hydrogen) atoms. The van der Waals surface area contributed by atoms with E-state index in [0.29, 0.717) is 5.78 Å². The lowest BCUT2D eigenvalue weighted by atomic mass is 9.67. The van der Waals surface area contributed by atoms with Crippen molar-refractivity contribution in [3.63, 3.8) is 0 Å². The molecule has 1 aromatic rings. The van der Waals surface area contributed by atoms with Crippen molar-refractivity contribution in [1.29, 1.82) is 0 Å². The summed E-state index contributed by atoms with van der Waals surface area (Å²) in [4.78, 5) is 28.6. The number of amides is 1. The van der Waals surface area contributed by atoms with E-state index in [1.54, 1.807) is 12.4 Å².